The van der Waals surface area contributed by atoms with Crippen LogP contribution in [0.3, 0.4) is 0 Å². The fraction of sp³-hybridized carbons (Fsp3) is 0.188. The molecule has 0 saturated heterocycles. The topological polar surface area (TPSA) is 38.3 Å². The molecule has 0 aliphatic rings. The van der Waals surface area contributed by atoms with Gasteiger partial charge < -0.3 is 10.1 Å². The number of rotatable bonds is 3. The average Bonchev–Trinajstić information content (AvgIpc) is 2.43. The number of para-hydroxylation sites is 1. The number of carbonyl (C=O) groups is 1. The van der Waals surface area contributed by atoms with Gasteiger partial charge in [-0.1, -0.05) is 34.1 Å². The largest absolute Gasteiger partial charge is 0.496 e. The first kappa shape index (κ1) is 14.6. The summed E-state index contributed by atoms with van der Waals surface area (Å²) in [7, 11) is 1.55. The number of carbonyl (C=O) groups excluding carboxylic acids is 1. The number of benzene rings is 2. The average molecular weight is 334 g/mol. The van der Waals surface area contributed by atoms with Crippen LogP contribution in [0.2, 0.25) is 0 Å². The molecule has 4 heteroatoms. The van der Waals surface area contributed by atoms with Crippen LogP contribution < -0.4 is 10.1 Å². The first-order valence-electron chi connectivity index (χ1n) is 6.24. The lowest BCUT2D eigenvalue weighted by atomic mass is 10.1. The zero-order valence-corrected chi connectivity index (χ0v) is 13.2. The van der Waals surface area contributed by atoms with E-state index in [-0.39, 0.29) is 5.91 Å². The molecule has 1 amide bonds. The summed E-state index contributed by atoms with van der Waals surface area (Å²) in [6.45, 7) is 3.95. The molecule has 3 nitrogen and oxygen atoms in total. The zero-order valence-electron chi connectivity index (χ0n) is 11.7. The Balaban J connectivity index is 2.35. The number of halogens is 1. The molecule has 2 aromatic carbocycles. The number of hydrogen-bond acceptors (Lipinski definition) is 2. The van der Waals surface area contributed by atoms with E-state index in [1.807, 2.05) is 38.1 Å². The van der Waals surface area contributed by atoms with Gasteiger partial charge in [0, 0.05) is 10.2 Å². The lowest BCUT2D eigenvalue weighted by Gasteiger charge is -2.13. The Hall–Kier alpha value is -1.81. The molecular formula is C16H16BrNO2. The molecule has 1 N–H and O–H groups in total. The third kappa shape index (κ3) is 3.02. The molecule has 0 heterocycles. The highest BCUT2D eigenvalue weighted by molar-refractivity contribution is 9.10. The summed E-state index contributed by atoms with van der Waals surface area (Å²) in [6.07, 6.45) is 0. The van der Waals surface area contributed by atoms with E-state index in [1.165, 1.54) is 0 Å². The van der Waals surface area contributed by atoms with Crippen molar-refractivity contribution in [1.29, 1.82) is 0 Å². The maximum absolute atomic E-state index is 12.4. The van der Waals surface area contributed by atoms with Crippen LogP contribution in [-0.4, -0.2) is 13.0 Å². The van der Waals surface area contributed by atoms with Crippen LogP contribution >= 0.6 is 15.9 Å². The number of amides is 1. The summed E-state index contributed by atoms with van der Waals surface area (Å²) in [5, 5.41) is 2.96. The Kier molecular flexibility index (Phi) is 4.45. The highest BCUT2D eigenvalue weighted by atomic mass is 79.9. The normalized spacial score (nSPS) is 10.2. The van der Waals surface area contributed by atoms with Crippen LogP contribution in [0.15, 0.2) is 40.9 Å². The van der Waals surface area contributed by atoms with E-state index in [2.05, 4.69) is 21.2 Å². The smallest absolute Gasteiger partial charge is 0.259 e. The van der Waals surface area contributed by atoms with Crippen molar-refractivity contribution in [2.45, 2.75) is 13.8 Å². The highest BCUT2D eigenvalue weighted by Crippen LogP contribution is 2.26. The first-order valence-corrected chi connectivity index (χ1v) is 7.03. The number of hydrogen-bond donors (Lipinski definition) is 1. The summed E-state index contributed by atoms with van der Waals surface area (Å²) in [5.74, 6) is 0.373. The monoisotopic (exact) mass is 333 g/mol. The third-order valence-electron chi connectivity index (χ3n) is 3.13. The molecule has 0 bridgehead atoms. The van der Waals surface area contributed by atoms with E-state index in [4.69, 9.17) is 4.74 Å². The molecule has 0 radical (unpaired) electrons. The quantitative estimate of drug-likeness (QED) is 0.907. The van der Waals surface area contributed by atoms with Gasteiger partial charge in [-0.3, -0.25) is 4.79 Å². The van der Waals surface area contributed by atoms with Crippen molar-refractivity contribution in [2.24, 2.45) is 0 Å². The summed E-state index contributed by atoms with van der Waals surface area (Å²) >= 11 is 3.37. The molecule has 0 saturated carbocycles. The fourth-order valence-corrected chi connectivity index (χ4v) is 2.41. The maximum Gasteiger partial charge on any atom is 0.259 e. The van der Waals surface area contributed by atoms with Crippen molar-refractivity contribution in [2.75, 3.05) is 12.4 Å². The van der Waals surface area contributed by atoms with E-state index in [0.717, 1.165) is 21.3 Å². The lowest BCUT2D eigenvalue weighted by molar-refractivity contribution is 0.102. The minimum absolute atomic E-state index is 0.180. The molecule has 20 heavy (non-hydrogen) atoms. The van der Waals surface area contributed by atoms with Gasteiger partial charge in [0.1, 0.15) is 5.75 Å². The van der Waals surface area contributed by atoms with E-state index in [9.17, 15) is 4.79 Å². The van der Waals surface area contributed by atoms with Crippen LogP contribution in [0.5, 0.6) is 5.75 Å². The van der Waals surface area contributed by atoms with Crippen molar-refractivity contribution in [3.8, 4) is 5.75 Å². The van der Waals surface area contributed by atoms with E-state index >= 15 is 0 Å². The van der Waals surface area contributed by atoms with Crippen LogP contribution in [0.4, 0.5) is 5.69 Å². The van der Waals surface area contributed by atoms with Gasteiger partial charge in [0.15, 0.2) is 0 Å². The van der Waals surface area contributed by atoms with Gasteiger partial charge in [-0.25, -0.2) is 0 Å². The van der Waals surface area contributed by atoms with Gasteiger partial charge in [-0.2, -0.15) is 0 Å². The zero-order chi connectivity index (χ0) is 14.7. The van der Waals surface area contributed by atoms with Gasteiger partial charge in [0.25, 0.3) is 5.91 Å². The summed E-state index contributed by atoms with van der Waals surface area (Å²) in [6, 6.07) is 11.3. The molecule has 0 fully saturated rings. The van der Waals surface area contributed by atoms with Gasteiger partial charge in [0.05, 0.1) is 12.7 Å². The molecule has 0 spiro atoms. The van der Waals surface area contributed by atoms with Gasteiger partial charge in [-0.05, 0) is 43.2 Å². The number of ether oxygens (including phenoxy) is 1. The Morgan fingerprint density at radius 2 is 1.80 bits per heavy atom. The molecule has 0 atom stereocenters. The third-order valence-corrected chi connectivity index (χ3v) is 3.62. The number of nitrogens with one attached hydrogen (secondary N) is 1. The second kappa shape index (κ2) is 6.09. The van der Waals surface area contributed by atoms with Crippen LogP contribution in [-0.2, 0) is 0 Å². The SMILES string of the molecule is COc1ccc(Br)cc1C(=O)Nc1c(C)cccc1C. The Bertz CT molecular complexity index is 633. The van der Waals surface area contributed by atoms with Crippen molar-refractivity contribution in [3.63, 3.8) is 0 Å². The summed E-state index contributed by atoms with van der Waals surface area (Å²) in [4.78, 5) is 12.4. The number of methoxy groups -OCH3 is 1. The number of aryl methyl sites for hydroxylation is 2. The van der Waals surface area contributed by atoms with Crippen molar-refractivity contribution in [1.82, 2.24) is 0 Å². The van der Waals surface area contributed by atoms with Crippen molar-refractivity contribution in [3.05, 3.63) is 57.6 Å². The lowest BCUT2D eigenvalue weighted by Crippen LogP contribution is -2.15. The van der Waals surface area contributed by atoms with Crippen molar-refractivity contribution < 1.29 is 9.53 Å². The molecule has 2 rings (SSSR count). The number of anilines is 1. The summed E-state index contributed by atoms with van der Waals surface area (Å²) in [5.41, 5.74) is 3.42. The molecule has 0 aromatic heterocycles. The van der Waals surface area contributed by atoms with Gasteiger partial charge in [-0.15, -0.1) is 0 Å². The fourth-order valence-electron chi connectivity index (χ4n) is 2.05. The minimum atomic E-state index is -0.180. The predicted octanol–water partition coefficient (Wildman–Crippen LogP) is 4.33. The molecule has 2 aromatic rings. The Morgan fingerprint density at radius 3 is 2.40 bits per heavy atom. The standard InChI is InChI=1S/C16H16BrNO2/c1-10-5-4-6-11(2)15(10)18-16(19)13-9-12(17)7-8-14(13)20-3/h4-9H,1-3H3,(H,18,19). The highest BCUT2D eigenvalue weighted by Gasteiger charge is 2.14. The molecule has 104 valence electrons. The second-order valence-corrected chi connectivity index (χ2v) is 5.48. The first-order chi connectivity index (χ1) is 9.52. The van der Waals surface area contributed by atoms with E-state index in [1.54, 1.807) is 19.2 Å². The Labute approximate surface area is 127 Å². The molecule has 0 aliphatic carbocycles. The predicted molar refractivity (Wildman–Crippen MR) is 84.6 cm³/mol. The van der Waals surface area contributed by atoms with E-state index < -0.39 is 0 Å². The molecule has 0 unspecified atom stereocenters. The minimum Gasteiger partial charge on any atom is -0.496 e. The second-order valence-electron chi connectivity index (χ2n) is 4.57. The Morgan fingerprint density at radius 1 is 1.15 bits per heavy atom. The maximum atomic E-state index is 12.4. The van der Waals surface area contributed by atoms with Crippen LogP contribution in [0.25, 0.3) is 0 Å². The van der Waals surface area contributed by atoms with Gasteiger partial charge in [0.2, 0.25) is 0 Å². The van der Waals surface area contributed by atoms with E-state index in [0.29, 0.717) is 11.3 Å². The van der Waals surface area contributed by atoms with Crippen molar-refractivity contribution >= 4 is 27.5 Å². The molecule has 0 aliphatic heterocycles. The van der Waals surface area contributed by atoms with Gasteiger partial charge >= 0.3 is 0 Å². The van der Waals surface area contributed by atoms with Crippen LogP contribution in [0.1, 0.15) is 21.5 Å². The summed E-state index contributed by atoms with van der Waals surface area (Å²) < 4.78 is 6.08. The van der Waals surface area contributed by atoms with Crippen LogP contribution in [0, 0.1) is 13.8 Å². The molecular weight excluding hydrogens is 318 g/mol.